The van der Waals surface area contributed by atoms with Crippen LogP contribution >= 0.6 is 0 Å². The smallest absolute Gasteiger partial charge is 0.404 e. The van der Waals surface area contributed by atoms with E-state index in [0.29, 0.717) is 25.7 Å². The van der Waals surface area contributed by atoms with E-state index in [-0.39, 0.29) is 17.4 Å². The monoisotopic (exact) mass is 317 g/mol. The molecule has 1 aliphatic heterocycles. The van der Waals surface area contributed by atoms with Gasteiger partial charge in [0.15, 0.2) is 11.7 Å². The largest absolute Gasteiger partial charge is 0.573 e. The molecule has 1 fully saturated rings. The highest BCUT2D eigenvalue weighted by Gasteiger charge is 2.32. The molecule has 0 amide bonds. The fourth-order valence-electron chi connectivity index (χ4n) is 2.12. The van der Waals surface area contributed by atoms with Crippen molar-refractivity contribution >= 4 is 11.6 Å². The molecule has 0 radical (unpaired) electrons. The maximum absolute atomic E-state index is 12.3. The predicted octanol–water partition coefficient (Wildman–Crippen LogP) is 2.74. The van der Waals surface area contributed by atoms with Gasteiger partial charge in [0.2, 0.25) is 0 Å². The van der Waals surface area contributed by atoms with Gasteiger partial charge in [0, 0.05) is 19.8 Å². The SMILES string of the molecule is NC(=NCC1CCOCC1)Nc1ccccc1OC(F)(F)F. The zero-order chi connectivity index (χ0) is 16.0. The van der Waals surface area contributed by atoms with Crippen LogP contribution in [0.25, 0.3) is 0 Å². The van der Waals surface area contributed by atoms with Crippen LogP contribution in [0.2, 0.25) is 0 Å². The van der Waals surface area contributed by atoms with E-state index in [9.17, 15) is 13.2 Å². The van der Waals surface area contributed by atoms with Crippen LogP contribution in [0.1, 0.15) is 12.8 Å². The second kappa shape index (κ2) is 7.35. The average molecular weight is 317 g/mol. The van der Waals surface area contributed by atoms with Gasteiger partial charge in [-0.05, 0) is 30.9 Å². The summed E-state index contributed by atoms with van der Waals surface area (Å²) in [6.07, 6.45) is -2.94. The summed E-state index contributed by atoms with van der Waals surface area (Å²) in [5.74, 6) is 0.0969. The van der Waals surface area contributed by atoms with Crippen molar-refractivity contribution in [2.45, 2.75) is 19.2 Å². The number of nitrogens with one attached hydrogen (secondary N) is 1. The zero-order valence-electron chi connectivity index (χ0n) is 11.9. The zero-order valence-corrected chi connectivity index (χ0v) is 11.9. The Balaban J connectivity index is 1.97. The molecule has 0 aromatic heterocycles. The van der Waals surface area contributed by atoms with Gasteiger partial charge in [0.05, 0.1) is 5.69 Å². The molecule has 1 aliphatic rings. The molecule has 0 bridgehead atoms. The Kier molecular flexibility index (Phi) is 5.48. The molecule has 2 rings (SSSR count). The number of rotatable bonds is 4. The summed E-state index contributed by atoms with van der Waals surface area (Å²) >= 11 is 0. The lowest BCUT2D eigenvalue weighted by Gasteiger charge is -2.20. The van der Waals surface area contributed by atoms with E-state index in [4.69, 9.17) is 10.5 Å². The first-order valence-electron chi connectivity index (χ1n) is 6.93. The Morgan fingerprint density at radius 2 is 2.00 bits per heavy atom. The molecule has 3 N–H and O–H groups in total. The number of para-hydroxylation sites is 2. The minimum absolute atomic E-state index is 0.0599. The first-order chi connectivity index (χ1) is 10.4. The Hall–Kier alpha value is -1.96. The second-order valence-corrected chi connectivity index (χ2v) is 4.95. The van der Waals surface area contributed by atoms with E-state index in [2.05, 4.69) is 15.0 Å². The maximum atomic E-state index is 12.3. The normalized spacial score (nSPS) is 17.3. The van der Waals surface area contributed by atoms with Gasteiger partial charge in [0.25, 0.3) is 0 Å². The number of alkyl halides is 3. The van der Waals surface area contributed by atoms with Crippen LogP contribution in [0.15, 0.2) is 29.3 Å². The van der Waals surface area contributed by atoms with Gasteiger partial charge in [-0.25, -0.2) is 0 Å². The lowest BCUT2D eigenvalue weighted by Crippen LogP contribution is -2.26. The average Bonchev–Trinajstić information content (AvgIpc) is 2.47. The van der Waals surface area contributed by atoms with E-state index in [1.807, 2.05) is 0 Å². The molecule has 0 unspecified atom stereocenters. The third-order valence-corrected chi connectivity index (χ3v) is 3.24. The summed E-state index contributed by atoms with van der Waals surface area (Å²) in [6, 6.07) is 5.68. The number of halogens is 3. The van der Waals surface area contributed by atoms with E-state index >= 15 is 0 Å². The Bertz CT molecular complexity index is 514. The first kappa shape index (κ1) is 16.4. The van der Waals surface area contributed by atoms with Crippen molar-refractivity contribution in [3.63, 3.8) is 0 Å². The molecular formula is C14H18F3N3O2. The minimum atomic E-state index is -4.76. The van der Waals surface area contributed by atoms with E-state index in [1.54, 1.807) is 6.07 Å². The highest BCUT2D eigenvalue weighted by atomic mass is 19.4. The number of nitrogens with two attached hydrogens (primary N) is 1. The molecule has 5 nitrogen and oxygen atoms in total. The molecule has 122 valence electrons. The van der Waals surface area contributed by atoms with Gasteiger partial charge in [-0.1, -0.05) is 12.1 Å². The summed E-state index contributed by atoms with van der Waals surface area (Å²) in [5, 5.41) is 2.64. The minimum Gasteiger partial charge on any atom is -0.404 e. The molecular weight excluding hydrogens is 299 g/mol. The lowest BCUT2D eigenvalue weighted by atomic mass is 10.0. The van der Waals surface area contributed by atoms with Crippen LogP contribution in [0, 0.1) is 5.92 Å². The van der Waals surface area contributed by atoms with E-state index < -0.39 is 6.36 Å². The number of hydrogen-bond donors (Lipinski definition) is 2. The van der Waals surface area contributed by atoms with Crippen LogP contribution < -0.4 is 15.8 Å². The van der Waals surface area contributed by atoms with Gasteiger partial charge >= 0.3 is 6.36 Å². The Morgan fingerprint density at radius 3 is 2.68 bits per heavy atom. The van der Waals surface area contributed by atoms with Crippen molar-refractivity contribution in [1.29, 1.82) is 0 Å². The number of guanidine groups is 1. The quantitative estimate of drug-likeness (QED) is 0.662. The predicted molar refractivity (Wildman–Crippen MR) is 76.8 cm³/mol. The van der Waals surface area contributed by atoms with Crippen LogP contribution in [-0.2, 0) is 4.74 Å². The van der Waals surface area contributed by atoms with Gasteiger partial charge in [-0.15, -0.1) is 13.2 Å². The van der Waals surface area contributed by atoms with Crippen LogP contribution in [0.3, 0.4) is 0 Å². The van der Waals surface area contributed by atoms with Crippen molar-refractivity contribution < 1.29 is 22.6 Å². The fourth-order valence-corrected chi connectivity index (χ4v) is 2.12. The van der Waals surface area contributed by atoms with Gasteiger partial charge < -0.3 is 20.5 Å². The van der Waals surface area contributed by atoms with Crippen LogP contribution in [0.4, 0.5) is 18.9 Å². The fraction of sp³-hybridized carbons (Fsp3) is 0.500. The molecule has 1 heterocycles. The molecule has 0 atom stereocenters. The van der Waals surface area contributed by atoms with Gasteiger partial charge in [-0.3, -0.25) is 4.99 Å². The number of ether oxygens (including phenoxy) is 2. The summed E-state index contributed by atoms with van der Waals surface area (Å²) < 4.78 is 46.2. The lowest BCUT2D eigenvalue weighted by molar-refractivity contribution is -0.274. The highest BCUT2D eigenvalue weighted by molar-refractivity contribution is 5.93. The highest BCUT2D eigenvalue weighted by Crippen LogP contribution is 2.29. The number of hydrogen-bond acceptors (Lipinski definition) is 3. The molecule has 8 heteroatoms. The number of anilines is 1. The van der Waals surface area contributed by atoms with Gasteiger partial charge in [-0.2, -0.15) is 0 Å². The third-order valence-electron chi connectivity index (χ3n) is 3.24. The van der Waals surface area contributed by atoms with E-state index in [1.165, 1.54) is 18.2 Å². The Labute approximate surface area is 126 Å². The van der Waals surface area contributed by atoms with Crippen molar-refractivity contribution in [2.24, 2.45) is 16.6 Å². The van der Waals surface area contributed by atoms with Crippen LogP contribution in [-0.4, -0.2) is 32.1 Å². The summed E-state index contributed by atoms with van der Waals surface area (Å²) in [5.41, 5.74) is 5.84. The summed E-state index contributed by atoms with van der Waals surface area (Å²) in [7, 11) is 0. The van der Waals surface area contributed by atoms with E-state index in [0.717, 1.165) is 12.8 Å². The molecule has 0 spiro atoms. The van der Waals surface area contributed by atoms with Crippen molar-refractivity contribution in [2.75, 3.05) is 25.1 Å². The molecule has 1 aromatic rings. The van der Waals surface area contributed by atoms with Crippen LogP contribution in [0.5, 0.6) is 5.75 Å². The maximum Gasteiger partial charge on any atom is 0.573 e. The van der Waals surface area contributed by atoms with Crippen molar-refractivity contribution in [3.8, 4) is 5.75 Å². The summed E-state index contributed by atoms with van der Waals surface area (Å²) in [4.78, 5) is 4.17. The third kappa shape index (κ3) is 5.44. The molecule has 0 aliphatic carbocycles. The van der Waals surface area contributed by atoms with Gasteiger partial charge in [0.1, 0.15) is 0 Å². The molecule has 22 heavy (non-hydrogen) atoms. The molecule has 1 aromatic carbocycles. The second-order valence-electron chi connectivity index (χ2n) is 4.95. The number of nitrogens with zero attached hydrogens (tertiary/aromatic N) is 1. The summed E-state index contributed by atoms with van der Waals surface area (Å²) in [6.45, 7) is 1.93. The molecule has 0 saturated carbocycles. The van der Waals surface area contributed by atoms with Crippen molar-refractivity contribution in [1.82, 2.24) is 0 Å². The first-order valence-corrected chi connectivity index (χ1v) is 6.93. The standard InChI is InChI=1S/C14H18F3N3O2/c15-14(16,17)22-12-4-2-1-3-11(12)20-13(18)19-9-10-5-7-21-8-6-10/h1-4,10H,5-9H2,(H3,18,19,20). The molecule has 1 saturated heterocycles. The van der Waals surface area contributed by atoms with Crippen molar-refractivity contribution in [3.05, 3.63) is 24.3 Å². The number of benzene rings is 1. The Morgan fingerprint density at radius 1 is 1.32 bits per heavy atom. The topological polar surface area (TPSA) is 68.9 Å². The number of aliphatic imine (C=N–C) groups is 1.